The molecule has 2 saturated heterocycles. The maximum Gasteiger partial charge on any atom is 0.255 e. The molecule has 8 nitrogen and oxygen atoms in total. The molecule has 47 heavy (non-hydrogen) atoms. The minimum absolute atomic E-state index is 0.00992. The number of hydrogen-bond donors (Lipinski definition) is 2. The van der Waals surface area contributed by atoms with Gasteiger partial charge in [-0.2, -0.15) is 0 Å². The monoisotopic (exact) mass is 640 g/mol. The van der Waals surface area contributed by atoms with Crippen molar-refractivity contribution < 1.29 is 19.1 Å². The van der Waals surface area contributed by atoms with E-state index in [0.29, 0.717) is 24.2 Å². The normalized spacial score (nSPS) is 19.8. The van der Waals surface area contributed by atoms with E-state index in [1.165, 1.54) is 24.9 Å². The number of nitrogens with one attached hydrogen (secondary N) is 2. The molecule has 0 aromatic heterocycles. The molecule has 2 amide bonds. The van der Waals surface area contributed by atoms with Crippen molar-refractivity contribution in [1.29, 1.82) is 0 Å². The van der Waals surface area contributed by atoms with Gasteiger partial charge in [-0.1, -0.05) is 73.5 Å². The van der Waals surface area contributed by atoms with Crippen molar-refractivity contribution in [3.8, 4) is 5.75 Å². The van der Waals surface area contributed by atoms with Crippen LogP contribution in [0.5, 0.6) is 5.75 Å². The number of carbonyl (C=O) groups excluding carboxylic acids is 2. The summed E-state index contributed by atoms with van der Waals surface area (Å²) >= 11 is 0. The Bertz CT molecular complexity index is 1460. The van der Waals surface area contributed by atoms with Crippen LogP contribution in [0, 0.1) is 5.92 Å². The molecule has 3 fully saturated rings. The first-order chi connectivity index (χ1) is 23.0. The van der Waals surface area contributed by atoms with E-state index in [0.717, 1.165) is 94.7 Å². The zero-order valence-electron chi connectivity index (χ0n) is 28.1. The summed E-state index contributed by atoms with van der Waals surface area (Å²) in [6.07, 6.45) is 8.16. The molecule has 1 aliphatic carbocycles. The van der Waals surface area contributed by atoms with Gasteiger partial charge in [0.2, 0.25) is 5.91 Å². The lowest BCUT2D eigenvalue weighted by atomic mass is 9.93. The van der Waals surface area contributed by atoms with Crippen LogP contribution < -0.4 is 15.4 Å². The first-order valence-corrected chi connectivity index (χ1v) is 17.8. The number of fused-ring (bicyclic) bond motifs is 1. The van der Waals surface area contributed by atoms with Gasteiger partial charge in [-0.05, 0) is 74.4 Å². The zero-order valence-corrected chi connectivity index (χ0v) is 28.1. The fourth-order valence-electron chi connectivity index (χ4n) is 7.81. The molecule has 0 spiro atoms. The molecule has 2 aliphatic heterocycles. The standard InChI is InChI=1S/C39H52N4O4/c1-46-36-34-14-6-5-12-32(34)15-16-35(36)37(44)41-39(19-7-8-20-39)38(45)40-33(28-30-10-3-2-4-11-30)13-9-21-42-22-24-43(25-23-42)29-31-17-26-47-27-18-31/h2-6,10-12,14-16,31,33H,7-9,13,17-29H2,1H3,(H,40,45)(H,41,44). The van der Waals surface area contributed by atoms with E-state index < -0.39 is 5.54 Å². The lowest BCUT2D eigenvalue weighted by Gasteiger charge is -2.37. The van der Waals surface area contributed by atoms with Gasteiger partial charge in [0, 0.05) is 57.4 Å². The molecule has 1 atom stereocenters. The van der Waals surface area contributed by atoms with Crippen molar-refractivity contribution in [2.75, 3.05) is 59.6 Å². The summed E-state index contributed by atoms with van der Waals surface area (Å²) < 4.78 is 11.3. The Kier molecular flexibility index (Phi) is 11.4. The number of carbonyl (C=O) groups is 2. The zero-order chi connectivity index (χ0) is 32.5. The summed E-state index contributed by atoms with van der Waals surface area (Å²) in [6.45, 7) is 8.54. The fraction of sp³-hybridized carbons (Fsp3) is 0.538. The third kappa shape index (κ3) is 8.53. The molecule has 0 bridgehead atoms. The number of benzene rings is 3. The summed E-state index contributed by atoms with van der Waals surface area (Å²) in [6, 6.07) is 22.0. The molecule has 6 rings (SSSR count). The van der Waals surface area contributed by atoms with Crippen LogP contribution in [0.1, 0.15) is 67.3 Å². The number of rotatable bonds is 13. The van der Waals surface area contributed by atoms with Gasteiger partial charge in [-0.25, -0.2) is 0 Å². The van der Waals surface area contributed by atoms with Crippen LogP contribution in [0.15, 0.2) is 66.7 Å². The Morgan fingerprint density at radius 1 is 0.915 bits per heavy atom. The highest BCUT2D eigenvalue weighted by Crippen LogP contribution is 2.34. The molecule has 8 heteroatoms. The second-order valence-electron chi connectivity index (χ2n) is 13.8. The van der Waals surface area contributed by atoms with Crippen molar-refractivity contribution in [3.05, 3.63) is 77.9 Å². The largest absolute Gasteiger partial charge is 0.495 e. The van der Waals surface area contributed by atoms with E-state index in [1.807, 2.05) is 36.4 Å². The van der Waals surface area contributed by atoms with Crippen molar-refractivity contribution in [2.45, 2.75) is 69.4 Å². The highest BCUT2D eigenvalue weighted by atomic mass is 16.5. The number of methoxy groups -OCH3 is 1. The number of amides is 2. The first-order valence-electron chi connectivity index (χ1n) is 17.8. The van der Waals surface area contributed by atoms with Crippen LogP contribution in [-0.4, -0.2) is 92.8 Å². The SMILES string of the molecule is COc1c(C(=O)NC2(C(=O)NC(CCCN3CCN(CC4CCOCC4)CC3)Cc3ccccc3)CCCC2)ccc2ccccc12. The van der Waals surface area contributed by atoms with Crippen LogP contribution in [0.4, 0.5) is 0 Å². The van der Waals surface area contributed by atoms with Gasteiger partial charge < -0.3 is 29.9 Å². The summed E-state index contributed by atoms with van der Waals surface area (Å²) in [5.41, 5.74) is 0.743. The van der Waals surface area contributed by atoms with Gasteiger partial charge in [-0.15, -0.1) is 0 Å². The Hall–Kier alpha value is -3.46. The van der Waals surface area contributed by atoms with Gasteiger partial charge in [-0.3, -0.25) is 9.59 Å². The third-order valence-electron chi connectivity index (χ3n) is 10.6. The highest BCUT2D eigenvalue weighted by molar-refractivity contribution is 6.06. The summed E-state index contributed by atoms with van der Waals surface area (Å²) in [5.74, 6) is 0.992. The number of hydrogen-bond acceptors (Lipinski definition) is 6. The average Bonchev–Trinajstić information content (AvgIpc) is 3.59. The van der Waals surface area contributed by atoms with E-state index in [-0.39, 0.29) is 17.9 Å². The lowest BCUT2D eigenvalue weighted by molar-refractivity contribution is -0.128. The number of piperazine rings is 1. The molecule has 3 aromatic carbocycles. The fourth-order valence-corrected chi connectivity index (χ4v) is 7.81. The third-order valence-corrected chi connectivity index (χ3v) is 10.6. The van der Waals surface area contributed by atoms with Crippen LogP contribution in [0.2, 0.25) is 0 Å². The second-order valence-corrected chi connectivity index (χ2v) is 13.8. The van der Waals surface area contributed by atoms with Gasteiger partial charge in [0.05, 0.1) is 12.7 Å². The molecular weight excluding hydrogens is 588 g/mol. The van der Waals surface area contributed by atoms with E-state index in [9.17, 15) is 9.59 Å². The Labute approximate surface area is 280 Å². The van der Waals surface area contributed by atoms with Crippen LogP contribution >= 0.6 is 0 Å². The van der Waals surface area contributed by atoms with Crippen molar-refractivity contribution in [2.24, 2.45) is 5.92 Å². The average molecular weight is 641 g/mol. The minimum Gasteiger partial charge on any atom is -0.495 e. The van der Waals surface area contributed by atoms with E-state index in [2.05, 4.69) is 44.7 Å². The Morgan fingerprint density at radius 3 is 2.36 bits per heavy atom. The Morgan fingerprint density at radius 2 is 1.62 bits per heavy atom. The quantitative estimate of drug-likeness (QED) is 0.259. The molecule has 3 aromatic rings. The van der Waals surface area contributed by atoms with E-state index in [4.69, 9.17) is 9.47 Å². The molecule has 1 unspecified atom stereocenters. The van der Waals surface area contributed by atoms with Gasteiger partial charge in [0.15, 0.2) is 0 Å². The number of nitrogens with zero attached hydrogens (tertiary/aromatic N) is 2. The molecule has 1 saturated carbocycles. The van der Waals surface area contributed by atoms with Gasteiger partial charge >= 0.3 is 0 Å². The van der Waals surface area contributed by atoms with Crippen LogP contribution in [0.25, 0.3) is 10.8 Å². The maximum absolute atomic E-state index is 14.2. The predicted octanol–water partition coefficient (Wildman–Crippen LogP) is 5.44. The smallest absolute Gasteiger partial charge is 0.255 e. The highest BCUT2D eigenvalue weighted by Gasteiger charge is 2.43. The topological polar surface area (TPSA) is 83.1 Å². The van der Waals surface area contributed by atoms with Crippen LogP contribution in [0.3, 0.4) is 0 Å². The van der Waals surface area contributed by atoms with Crippen LogP contribution in [-0.2, 0) is 16.0 Å². The minimum atomic E-state index is -0.927. The summed E-state index contributed by atoms with van der Waals surface area (Å²) in [5, 5.41) is 8.53. The maximum atomic E-state index is 14.2. The second kappa shape index (κ2) is 16.1. The van der Waals surface area contributed by atoms with E-state index in [1.54, 1.807) is 13.2 Å². The molecule has 3 aliphatic rings. The first kappa shape index (κ1) is 33.4. The molecule has 2 N–H and O–H groups in total. The summed E-state index contributed by atoms with van der Waals surface area (Å²) in [7, 11) is 1.60. The Balaban J connectivity index is 1.08. The van der Waals surface area contributed by atoms with Crippen molar-refractivity contribution >= 4 is 22.6 Å². The number of ether oxygens (including phenoxy) is 2. The van der Waals surface area contributed by atoms with Gasteiger partial charge in [0.25, 0.3) is 5.91 Å². The molecule has 0 radical (unpaired) electrons. The molecular formula is C39H52N4O4. The lowest BCUT2D eigenvalue weighted by Crippen LogP contribution is -2.59. The predicted molar refractivity (Wildman–Crippen MR) is 187 cm³/mol. The molecule has 2 heterocycles. The van der Waals surface area contributed by atoms with Crippen molar-refractivity contribution in [3.63, 3.8) is 0 Å². The summed E-state index contributed by atoms with van der Waals surface area (Å²) in [4.78, 5) is 33.2. The van der Waals surface area contributed by atoms with E-state index >= 15 is 0 Å². The molecule has 252 valence electrons. The van der Waals surface area contributed by atoms with Gasteiger partial charge in [0.1, 0.15) is 11.3 Å². The van der Waals surface area contributed by atoms with Crippen molar-refractivity contribution in [1.82, 2.24) is 20.4 Å².